The number of benzene rings is 3. The highest BCUT2D eigenvalue weighted by molar-refractivity contribution is 5.98. The molecule has 4 aromatic rings. The predicted molar refractivity (Wildman–Crippen MR) is 215 cm³/mol. The van der Waals surface area contributed by atoms with E-state index in [1.165, 1.54) is 11.1 Å². The van der Waals surface area contributed by atoms with Crippen molar-refractivity contribution in [2.45, 2.75) is 135 Å². The summed E-state index contributed by atoms with van der Waals surface area (Å²) in [7, 11) is 0. The number of carbonyl (C=O) groups excluding carboxylic acids is 3. The standard InChI is InChI=1S/C45H55N5O5/c1-43(2,3)54-41(52)49-21-11-14-37(49)39-47-34-20-16-27(23-35(34)48-39)26-15-18-30-31-19-17-29(25-33(31)45(7,8)32(30)22-26)46-40(51)38-24-28-12-9-10-13-36(28)50(38)42(53)55-44(4,5)6/h15-20,22-23,25,28,36-38H,9-14,21,24H2,1-8H3,(H,46,51)(H,47,48)/t28-,36-,37-,38-/m0/s1. The molecule has 2 N–H and O–H groups in total. The first-order valence-corrected chi connectivity index (χ1v) is 20.1. The molecular formula is C45H55N5O5. The van der Waals surface area contributed by atoms with Gasteiger partial charge in [-0.25, -0.2) is 14.6 Å². The third-order valence-electron chi connectivity index (χ3n) is 12.0. The van der Waals surface area contributed by atoms with Gasteiger partial charge in [0.05, 0.1) is 17.1 Å². The molecule has 0 bridgehead atoms. The molecule has 1 aromatic heterocycles. The normalized spacial score (nSPS) is 23.0. The van der Waals surface area contributed by atoms with Crippen LogP contribution in [-0.2, 0) is 19.7 Å². The van der Waals surface area contributed by atoms with Crippen LogP contribution >= 0.6 is 0 Å². The van der Waals surface area contributed by atoms with E-state index in [0.29, 0.717) is 18.9 Å². The third kappa shape index (κ3) is 6.97. The molecule has 290 valence electrons. The zero-order valence-electron chi connectivity index (χ0n) is 33.5. The first-order valence-electron chi connectivity index (χ1n) is 20.1. The maximum atomic E-state index is 14.0. The largest absolute Gasteiger partial charge is 0.444 e. The molecule has 4 atom stereocenters. The highest BCUT2D eigenvalue weighted by Gasteiger charge is 2.49. The molecule has 10 nitrogen and oxygen atoms in total. The van der Waals surface area contributed by atoms with Gasteiger partial charge >= 0.3 is 12.2 Å². The summed E-state index contributed by atoms with van der Waals surface area (Å²) in [6, 6.07) is 18.5. The Morgan fingerprint density at radius 2 is 1.45 bits per heavy atom. The molecule has 0 radical (unpaired) electrons. The average Bonchev–Trinajstić information content (AvgIpc) is 3.89. The molecule has 3 fully saturated rings. The van der Waals surface area contributed by atoms with E-state index >= 15 is 0 Å². The van der Waals surface area contributed by atoms with Gasteiger partial charge in [0, 0.05) is 23.7 Å². The molecule has 55 heavy (non-hydrogen) atoms. The second-order valence-electron chi connectivity index (χ2n) is 18.6. The van der Waals surface area contributed by atoms with E-state index in [1.54, 1.807) is 9.80 Å². The van der Waals surface area contributed by atoms with Crippen LogP contribution in [0.15, 0.2) is 54.6 Å². The van der Waals surface area contributed by atoms with Gasteiger partial charge in [-0.1, -0.05) is 51.0 Å². The molecular weight excluding hydrogens is 691 g/mol. The quantitative estimate of drug-likeness (QED) is 0.215. The number of fused-ring (bicyclic) bond motifs is 5. The number of aromatic amines is 1. The Labute approximate surface area is 324 Å². The molecule has 2 saturated heterocycles. The minimum atomic E-state index is -0.636. The number of H-pyrrole nitrogens is 1. The molecule has 4 aliphatic rings. The van der Waals surface area contributed by atoms with E-state index in [4.69, 9.17) is 14.5 Å². The lowest BCUT2D eigenvalue weighted by Gasteiger charge is -2.34. The van der Waals surface area contributed by atoms with E-state index in [2.05, 4.69) is 72.7 Å². The van der Waals surface area contributed by atoms with Crippen molar-refractivity contribution in [2.75, 3.05) is 11.9 Å². The number of hydrogen-bond donors (Lipinski definition) is 2. The minimum Gasteiger partial charge on any atom is -0.444 e. The van der Waals surface area contributed by atoms with Gasteiger partial charge in [-0.05, 0) is 143 Å². The second-order valence-corrected chi connectivity index (χ2v) is 18.6. The Kier molecular flexibility index (Phi) is 9.04. The van der Waals surface area contributed by atoms with Crippen LogP contribution < -0.4 is 5.32 Å². The number of hydrogen-bond acceptors (Lipinski definition) is 6. The van der Waals surface area contributed by atoms with Crippen molar-refractivity contribution in [3.05, 3.63) is 71.5 Å². The molecule has 0 spiro atoms. The maximum Gasteiger partial charge on any atom is 0.411 e. The number of aromatic nitrogens is 2. The molecule has 2 aliphatic heterocycles. The summed E-state index contributed by atoms with van der Waals surface area (Å²) in [4.78, 5) is 52.5. The summed E-state index contributed by atoms with van der Waals surface area (Å²) in [6.45, 7) is 16.4. The van der Waals surface area contributed by atoms with Crippen LogP contribution in [0, 0.1) is 5.92 Å². The smallest absolute Gasteiger partial charge is 0.411 e. The van der Waals surface area contributed by atoms with Gasteiger partial charge in [-0.15, -0.1) is 0 Å². The van der Waals surface area contributed by atoms with Gasteiger partial charge < -0.3 is 19.8 Å². The summed E-state index contributed by atoms with van der Waals surface area (Å²) in [5.74, 6) is 0.947. The number of likely N-dealkylation sites (tertiary alicyclic amines) is 2. The van der Waals surface area contributed by atoms with E-state index in [-0.39, 0.29) is 29.5 Å². The summed E-state index contributed by atoms with van der Waals surface area (Å²) in [5.41, 5.74) is 7.90. The molecule has 8 rings (SSSR count). The third-order valence-corrected chi connectivity index (χ3v) is 12.0. The van der Waals surface area contributed by atoms with Crippen molar-refractivity contribution in [3.8, 4) is 22.3 Å². The van der Waals surface area contributed by atoms with Gasteiger partial charge in [0.15, 0.2) is 0 Å². The van der Waals surface area contributed by atoms with Crippen molar-refractivity contribution >= 4 is 34.8 Å². The molecule has 3 amide bonds. The lowest BCUT2D eigenvalue weighted by atomic mass is 9.81. The Balaban J connectivity index is 1.02. The van der Waals surface area contributed by atoms with Crippen LogP contribution in [0.1, 0.15) is 123 Å². The summed E-state index contributed by atoms with van der Waals surface area (Å²) < 4.78 is 11.5. The number of imidazole rings is 1. The topological polar surface area (TPSA) is 117 Å². The number of nitrogens with one attached hydrogen (secondary N) is 2. The van der Waals surface area contributed by atoms with Gasteiger partial charge in [0.2, 0.25) is 5.91 Å². The van der Waals surface area contributed by atoms with Crippen molar-refractivity contribution < 1.29 is 23.9 Å². The number of ether oxygens (including phenoxy) is 2. The zero-order chi connectivity index (χ0) is 39.0. The van der Waals surface area contributed by atoms with Gasteiger partial charge in [-0.3, -0.25) is 14.6 Å². The minimum absolute atomic E-state index is 0.0413. The number of carbonyl (C=O) groups is 3. The lowest BCUT2D eigenvalue weighted by Crippen LogP contribution is -2.49. The Bertz CT molecular complexity index is 2170. The summed E-state index contributed by atoms with van der Waals surface area (Å²) in [5, 5.41) is 3.20. The molecule has 10 heteroatoms. The van der Waals surface area contributed by atoms with E-state index < -0.39 is 23.3 Å². The van der Waals surface area contributed by atoms with E-state index in [9.17, 15) is 14.4 Å². The highest BCUT2D eigenvalue weighted by Crippen LogP contribution is 2.51. The number of amides is 3. The fourth-order valence-electron chi connectivity index (χ4n) is 9.44. The number of nitrogens with zero attached hydrogens (tertiary/aromatic N) is 3. The van der Waals surface area contributed by atoms with Crippen molar-refractivity contribution in [1.82, 2.24) is 19.8 Å². The Hall–Kier alpha value is -4.86. The second kappa shape index (κ2) is 13.4. The maximum absolute atomic E-state index is 14.0. The first kappa shape index (κ1) is 37.1. The molecule has 2 aliphatic carbocycles. The van der Waals surface area contributed by atoms with E-state index in [1.807, 2.05) is 47.6 Å². The first-order chi connectivity index (χ1) is 26.0. The van der Waals surface area contributed by atoms with Crippen molar-refractivity contribution in [3.63, 3.8) is 0 Å². The number of anilines is 1. The monoisotopic (exact) mass is 745 g/mol. The molecule has 1 saturated carbocycles. The van der Waals surface area contributed by atoms with Crippen LogP contribution in [0.25, 0.3) is 33.3 Å². The van der Waals surface area contributed by atoms with Gasteiger partial charge in [-0.2, -0.15) is 0 Å². The van der Waals surface area contributed by atoms with Gasteiger partial charge in [0.25, 0.3) is 0 Å². The van der Waals surface area contributed by atoms with Gasteiger partial charge in [0.1, 0.15) is 23.1 Å². The fraction of sp³-hybridized carbons (Fsp3) is 0.511. The summed E-state index contributed by atoms with van der Waals surface area (Å²) in [6.07, 6.45) is 5.85. The average molecular weight is 746 g/mol. The van der Waals surface area contributed by atoms with Crippen LogP contribution in [0.2, 0.25) is 0 Å². The molecule has 0 unspecified atom stereocenters. The predicted octanol–water partition coefficient (Wildman–Crippen LogP) is 10.1. The molecule has 3 heterocycles. The zero-order valence-corrected chi connectivity index (χ0v) is 33.5. The van der Waals surface area contributed by atoms with E-state index in [0.717, 1.165) is 83.3 Å². The fourth-order valence-corrected chi connectivity index (χ4v) is 9.44. The van der Waals surface area contributed by atoms with Crippen LogP contribution in [0.3, 0.4) is 0 Å². The highest BCUT2D eigenvalue weighted by atomic mass is 16.6. The Morgan fingerprint density at radius 1 is 0.800 bits per heavy atom. The number of rotatable bonds is 4. The van der Waals surface area contributed by atoms with Crippen molar-refractivity contribution in [1.29, 1.82) is 0 Å². The SMILES string of the molecule is CC(C)(C)OC(=O)N1CCC[C@H]1c1nc2cc(-c3ccc4c(c3)C(C)(C)c3cc(NC(=O)[C@@H]5C[C@@H]6CCCC[C@@H]6N5C(=O)OC(C)(C)C)ccc3-4)ccc2[nH]1. The van der Waals surface area contributed by atoms with Crippen LogP contribution in [0.4, 0.5) is 15.3 Å². The molecule has 3 aromatic carbocycles. The van der Waals surface area contributed by atoms with Crippen LogP contribution in [-0.4, -0.2) is 67.7 Å². The van der Waals surface area contributed by atoms with Crippen LogP contribution in [0.5, 0.6) is 0 Å². The van der Waals surface area contributed by atoms with Crippen molar-refractivity contribution in [2.24, 2.45) is 5.92 Å². The Morgan fingerprint density at radius 3 is 2.20 bits per heavy atom. The lowest BCUT2D eigenvalue weighted by molar-refractivity contribution is -0.120. The summed E-state index contributed by atoms with van der Waals surface area (Å²) >= 11 is 0.